The van der Waals surface area contributed by atoms with Gasteiger partial charge in [0, 0.05) is 24.6 Å². The normalized spacial score (nSPS) is 11.4. The Kier molecular flexibility index (Phi) is 6.80. The second-order valence-electron chi connectivity index (χ2n) is 7.32. The van der Waals surface area contributed by atoms with Crippen molar-refractivity contribution < 1.29 is 14.0 Å². The minimum absolute atomic E-state index is 0.129. The standard InChI is InChI=1S/C26H21FN4O2/c27-21-11-13-22(14-12-21)30-25(32)24(20-9-5-2-6-10-20)31(18-19-7-3-1-4-8-19)26(33)23-17-28-15-16-29-23/h1-17,24H,18H2,(H,30,32)/t24-/m1/s1. The summed E-state index contributed by atoms with van der Waals surface area (Å²) in [5.41, 5.74) is 2.04. The van der Waals surface area contributed by atoms with Crippen LogP contribution in [-0.2, 0) is 11.3 Å². The van der Waals surface area contributed by atoms with Gasteiger partial charge in [-0.05, 0) is 35.4 Å². The van der Waals surface area contributed by atoms with Gasteiger partial charge in [-0.15, -0.1) is 0 Å². The van der Waals surface area contributed by atoms with Crippen LogP contribution in [0.1, 0.15) is 27.7 Å². The van der Waals surface area contributed by atoms with Crippen LogP contribution in [0.4, 0.5) is 10.1 Å². The van der Waals surface area contributed by atoms with Gasteiger partial charge in [-0.3, -0.25) is 14.6 Å². The molecule has 0 saturated heterocycles. The fourth-order valence-corrected chi connectivity index (χ4v) is 3.47. The van der Waals surface area contributed by atoms with Crippen LogP contribution in [0.3, 0.4) is 0 Å². The van der Waals surface area contributed by atoms with E-state index in [-0.39, 0.29) is 12.2 Å². The van der Waals surface area contributed by atoms with E-state index in [0.717, 1.165) is 5.56 Å². The van der Waals surface area contributed by atoms with Crippen LogP contribution in [-0.4, -0.2) is 26.7 Å². The fraction of sp³-hybridized carbons (Fsp3) is 0.0769. The van der Waals surface area contributed by atoms with E-state index in [1.54, 1.807) is 24.3 Å². The van der Waals surface area contributed by atoms with Crippen molar-refractivity contribution in [2.75, 3.05) is 5.32 Å². The zero-order valence-electron chi connectivity index (χ0n) is 17.6. The molecule has 0 bridgehead atoms. The van der Waals surface area contributed by atoms with Gasteiger partial charge >= 0.3 is 0 Å². The first-order chi connectivity index (χ1) is 16.1. The van der Waals surface area contributed by atoms with Crippen molar-refractivity contribution >= 4 is 17.5 Å². The molecule has 164 valence electrons. The SMILES string of the molecule is O=C(Nc1ccc(F)cc1)[C@@H](c1ccccc1)N(Cc1ccccc1)C(=O)c1cnccn1. The largest absolute Gasteiger partial charge is 0.324 e. The fourth-order valence-electron chi connectivity index (χ4n) is 3.47. The van der Waals surface area contributed by atoms with Gasteiger partial charge in [0.15, 0.2) is 0 Å². The molecule has 0 aliphatic rings. The van der Waals surface area contributed by atoms with Gasteiger partial charge in [-0.1, -0.05) is 60.7 Å². The van der Waals surface area contributed by atoms with Gasteiger partial charge in [0.1, 0.15) is 17.6 Å². The molecule has 0 saturated carbocycles. The predicted octanol–water partition coefficient (Wildman–Crippen LogP) is 4.64. The maximum Gasteiger partial charge on any atom is 0.275 e. The molecule has 1 aromatic heterocycles. The van der Waals surface area contributed by atoms with Crippen molar-refractivity contribution in [1.29, 1.82) is 0 Å². The summed E-state index contributed by atoms with van der Waals surface area (Å²) in [7, 11) is 0. The van der Waals surface area contributed by atoms with Gasteiger partial charge in [0.2, 0.25) is 0 Å². The third-order valence-electron chi connectivity index (χ3n) is 5.03. The first kappa shape index (κ1) is 21.8. The Morgan fingerprint density at radius 2 is 1.55 bits per heavy atom. The number of hydrogen-bond donors (Lipinski definition) is 1. The quantitative estimate of drug-likeness (QED) is 0.454. The summed E-state index contributed by atoms with van der Waals surface area (Å²) in [5.74, 6) is -1.27. The number of halogens is 1. The number of amides is 2. The molecule has 0 radical (unpaired) electrons. The molecule has 0 spiro atoms. The highest BCUT2D eigenvalue weighted by atomic mass is 19.1. The molecule has 3 aromatic carbocycles. The van der Waals surface area contributed by atoms with Crippen LogP contribution in [0, 0.1) is 5.82 Å². The van der Waals surface area contributed by atoms with E-state index in [4.69, 9.17) is 0 Å². The Hall–Kier alpha value is -4.39. The molecule has 4 aromatic rings. The molecule has 1 heterocycles. The van der Waals surface area contributed by atoms with Gasteiger partial charge in [0.25, 0.3) is 11.8 Å². The second-order valence-corrected chi connectivity index (χ2v) is 7.32. The number of aromatic nitrogens is 2. The summed E-state index contributed by atoms with van der Waals surface area (Å²) in [6.07, 6.45) is 4.29. The van der Waals surface area contributed by atoms with E-state index in [9.17, 15) is 14.0 Å². The van der Waals surface area contributed by atoms with Crippen molar-refractivity contribution in [3.8, 4) is 0 Å². The van der Waals surface area contributed by atoms with E-state index >= 15 is 0 Å². The number of carbonyl (C=O) groups is 2. The summed E-state index contributed by atoms with van der Waals surface area (Å²) in [6, 6.07) is 22.9. The summed E-state index contributed by atoms with van der Waals surface area (Å²) in [5, 5.41) is 2.80. The van der Waals surface area contributed by atoms with E-state index < -0.39 is 23.7 Å². The van der Waals surface area contributed by atoms with E-state index in [2.05, 4.69) is 15.3 Å². The lowest BCUT2D eigenvalue weighted by atomic mass is 10.0. The molecular weight excluding hydrogens is 419 g/mol. The Labute approximate surface area is 190 Å². The lowest BCUT2D eigenvalue weighted by molar-refractivity contribution is -0.121. The van der Waals surface area contributed by atoms with Crippen LogP contribution in [0.25, 0.3) is 0 Å². The molecule has 1 N–H and O–H groups in total. The van der Waals surface area contributed by atoms with Gasteiger partial charge in [-0.25, -0.2) is 9.37 Å². The van der Waals surface area contributed by atoms with Gasteiger partial charge in [0.05, 0.1) is 6.20 Å². The topological polar surface area (TPSA) is 75.2 Å². The Balaban J connectivity index is 1.75. The lowest BCUT2D eigenvalue weighted by Gasteiger charge is -2.31. The molecule has 0 unspecified atom stereocenters. The van der Waals surface area contributed by atoms with Crippen molar-refractivity contribution in [3.05, 3.63) is 126 Å². The maximum absolute atomic E-state index is 13.6. The number of rotatable bonds is 7. The van der Waals surface area contributed by atoms with Crippen LogP contribution in [0.15, 0.2) is 104 Å². The first-order valence-corrected chi connectivity index (χ1v) is 10.3. The number of hydrogen-bond acceptors (Lipinski definition) is 4. The van der Waals surface area contributed by atoms with Gasteiger partial charge < -0.3 is 10.2 Å². The minimum atomic E-state index is -0.967. The molecule has 2 amide bonds. The summed E-state index contributed by atoms with van der Waals surface area (Å²) in [4.78, 5) is 36.7. The van der Waals surface area contributed by atoms with Gasteiger partial charge in [-0.2, -0.15) is 0 Å². The highest BCUT2D eigenvalue weighted by molar-refractivity contribution is 6.00. The van der Waals surface area contributed by atoms with Crippen molar-refractivity contribution in [2.45, 2.75) is 12.6 Å². The third kappa shape index (κ3) is 5.46. The number of nitrogens with zero attached hydrogens (tertiary/aromatic N) is 3. The zero-order chi connectivity index (χ0) is 23.0. The van der Waals surface area contributed by atoms with E-state index in [1.165, 1.54) is 47.8 Å². The predicted molar refractivity (Wildman–Crippen MR) is 123 cm³/mol. The average molecular weight is 440 g/mol. The molecule has 1 atom stereocenters. The molecule has 4 rings (SSSR count). The van der Waals surface area contributed by atoms with Crippen LogP contribution < -0.4 is 5.32 Å². The molecule has 0 aliphatic carbocycles. The highest BCUT2D eigenvalue weighted by Crippen LogP contribution is 2.27. The second kappa shape index (κ2) is 10.3. The smallest absolute Gasteiger partial charge is 0.275 e. The maximum atomic E-state index is 13.6. The average Bonchev–Trinajstić information content (AvgIpc) is 2.86. The first-order valence-electron chi connectivity index (χ1n) is 10.3. The molecule has 0 aliphatic heterocycles. The van der Waals surface area contributed by atoms with Crippen molar-refractivity contribution in [3.63, 3.8) is 0 Å². The lowest BCUT2D eigenvalue weighted by Crippen LogP contribution is -2.41. The number of anilines is 1. The summed E-state index contributed by atoms with van der Waals surface area (Å²) in [6.45, 7) is 0.173. The molecule has 0 fully saturated rings. The molecular formula is C26H21FN4O2. The Morgan fingerprint density at radius 3 is 2.18 bits per heavy atom. The Bertz CT molecular complexity index is 1200. The third-order valence-corrected chi connectivity index (χ3v) is 5.03. The molecule has 6 nitrogen and oxygen atoms in total. The molecule has 33 heavy (non-hydrogen) atoms. The van der Waals surface area contributed by atoms with E-state index in [1.807, 2.05) is 36.4 Å². The molecule has 7 heteroatoms. The summed E-state index contributed by atoms with van der Waals surface area (Å²) < 4.78 is 13.3. The highest BCUT2D eigenvalue weighted by Gasteiger charge is 2.33. The van der Waals surface area contributed by atoms with E-state index in [0.29, 0.717) is 11.3 Å². The minimum Gasteiger partial charge on any atom is -0.324 e. The number of nitrogens with one attached hydrogen (secondary N) is 1. The monoisotopic (exact) mass is 440 g/mol. The van der Waals surface area contributed by atoms with Crippen molar-refractivity contribution in [1.82, 2.24) is 14.9 Å². The number of carbonyl (C=O) groups excluding carboxylic acids is 2. The Morgan fingerprint density at radius 1 is 0.879 bits per heavy atom. The van der Waals surface area contributed by atoms with Crippen LogP contribution in [0.5, 0.6) is 0 Å². The number of benzene rings is 3. The van der Waals surface area contributed by atoms with Crippen LogP contribution in [0.2, 0.25) is 0 Å². The van der Waals surface area contributed by atoms with Crippen LogP contribution >= 0.6 is 0 Å². The summed E-state index contributed by atoms with van der Waals surface area (Å²) >= 11 is 0. The van der Waals surface area contributed by atoms with Crippen molar-refractivity contribution in [2.24, 2.45) is 0 Å². The zero-order valence-corrected chi connectivity index (χ0v) is 17.6.